The Morgan fingerprint density at radius 3 is 2.16 bits per heavy atom. The van der Waals surface area contributed by atoms with Crippen molar-refractivity contribution in [3.8, 4) is 0 Å². The number of aryl methyl sites for hydroxylation is 2. The molecule has 0 saturated heterocycles. The molecule has 1 heterocycles. The maximum absolute atomic E-state index is 14.0. The summed E-state index contributed by atoms with van der Waals surface area (Å²) in [6, 6.07) is 17.9. The van der Waals surface area contributed by atoms with Crippen LogP contribution >= 0.6 is 19.4 Å². The Hall–Kier alpha value is -3.00. The number of phosphoric acid groups is 1. The van der Waals surface area contributed by atoms with Gasteiger partial charge in [0.15, 0.2) is 0 Å². The van der Waals surface area contributed by atoms with Gasteiger partial charge >= 0.3 is 7.82 Å². The van der Waals surface area contributed by atoms with Gasteiger partial charge in [-0.05, 0) is 122 Å². The number of nitrogens with zero attached hydrogens (tertiary/aromatic N) is 1. The number of carbonyl (C=O) groups excluding carboxylic acids is 2. The minimum absolute atomic E-state index is 0.205. The molecule has 0 aliphatic carbocycles. The molecular formula is C34H42ClN2O6P. The van der Waals surface area contributed by atoms with Crippen molar-refractivity contribution < 1.29 is 27.7 Å². The number of fused-ring (bicyclic) bond motifs is 1. The van der Waals surface area contributed by atoms with Crippen LogP contribution in [0.25, 0.3) is 0 Å². The van der Waals surface area contributed by atoms with E-state index in [-0.39, 0.29) is 11.8 Å². The van der Waals surface area contributed by atoms with Crippen molar-refractivity contribution in [3.63, 3.8) is 0 Å². The number of amides is 2. The van der Waals surface area contributed by atoms with Crippen LogP contribution in [-0.2, 0) is 18.1 Å². The van der Waals surface area contributed by atoms with Crippen LogP contribution in [0.3, 0.4) is 0 Å². The van der Waals surface area contributed by atoms with E-state index in [1.807, 2.05) is 32.0 Å². The summed E-state index contributed by atoms with van der Waals surface area (Å²) in [5.41, 5.74) is 2.91. The summed E-state index contributed by atoms with van der Waals surface area (Å²) in [4.78, 5) is 28.6. The van der Waals surface area contributed by atoms with Gasteiger partial charge in [0, 0.05) is 39.6 Å². The highest BCUT2D eigenvalue weighted by Crippen LogP contribution is 2.59. The zero-order chi connectivity index (χ0) is 32.4. The number of carbonyl (C=O) groups is 2. The van der Waals surface area contributed by atoms with Crippen LogP contribution in [0.15, 0.2) is 60.7 Å². The first-order valence-corrected chi connectivity index (χ1v) is 16.6. The van der Waals surface area contributed by atoms with Crippen LogP contribution < -0.4 is 10.2 Å². The van der Waals surface area contributed by atoms with Gasteiger partial charge in [-0.3, -0.25) is 23.2 Å². The zero-order valence-electron chi connectivity index (χ0n) is 26.7. The molecule has 2 amide bonds. The predicted molar refractivity (Wildman–Crippen MR) is 176 cm³/mol. The summed E-state index contributed by atoms with van der Waals surface area (Å²) < 4.78 is 32.0. The number of hydrogen-bond donors (Lipinski definition) is 1. The molecule has 0 fully saturated rings. The topological polar surface area (TPSA) is 94.2 Å². The third-order valence-corrected chi connectivity index (χ3v) is 9.14. The fraction of sp³-hybridized carbons (Fsp3) is 0.412. The Balaban J connectivity index is 1.63. The largest absolute Gasteiger partial charge is 0.476 e. The Morgan fingerprint density at radius 1 is 0.886 bits per heavy atom. The third-order valence-electron chi connectivity index (χ3n) is 6.85. The number of nitrogens with one attached hydrogen (secondary N) is 1. The number of anilines is 2. The van der Waals surface area contributed by atoms with E-state index in [9.17, 15) is 14.2 Å². The summed E-state index contributed by atoms with van der Waals surface area (Å²) in [6.07, 6.45) is 0.333. The van der Waals surface area contributed by atoms with E-state index >= 15 is 0 Å². The average Bonchev–Trinajstić information content (AvgIpc) is 3.05. The highest BCUT2D eigenvalue weighted by molar-refractivity contribution is 7.48. The van der Waals surface area contributed by atoms with E-state index in [2.05, 4.69) is 5.32 Å². The highest BCUT2D eigenvalue weighted by Gasteiger charge is 2.41. The minimum atomic E-state index is -4.05. The zero-order valence-corrected chi connectivity index (χ0v) is 28.3. The lowest BCUT2D eigenvalue weighted by Gasteiger charge is -2.33. The van der Waals surface area contributed by atoms with Gasteiger partial charge in [0.05, 0.1) is 17.3 Å². The Morgan fingerprint density at radius 2 is 1.55 bits per heavy atom. The van der Waals surface area contributed by atoms with Gasteiger partial charge in [-0.25, -0.2) is 4.57 Å². The molecular weight excluding hydrogens is 599 g/mol. The highest BCUT2D eigenvalue weighted by atomic mass is 35.5. The number of halogens is 1. The molecule has 0 spiro atoms. The molecule has 1 unspecified atom stereocenters. The lowest BCUT2D eigenvalue weighted by atomic mass is 10.0. The lowest BCUT2D eigenvalue weighted by Crippen LogP contribution is -2.32. The minimum Gasteiger partial charge on any atom is -0.322 e. The van der Waals surface area contributed by atoms with Crippen LogP contribution in [-0.4, -0.2) is 29.6 Å². The fourth-order valence-electron chi connectivity index (χ4n) is 5.10. The lowest BCUT2D eigenvalue weighted by molar-refractivity contribution is -0.0125. The van der Waals surface area contributed by atoms with Crippen molar-refractivity contribution in [3.05, 3.63) is 93.5 Å². The molecule has 0 radical (unpaired) electrons. The van der Waals surface area contributed by atoms with E-state index in [0.717, 1.165) is 5.56 Å². The second-order valence-corrected chi connectivity index (χ2v) is 15.0. The average molecular weight is 641 g/mol. The summed E-state index contributed by atoms with van der Waals surface area (Å²) in [5, 5.41) is 3.39. The first-order chi connectivity index (χ1) is 20.4. The van der Waals surface area contributed by atoms with Gasteiger partial charge < -0.3 is 10.2 Å². The van der Waals surface area contributed by atoms with Gasteiger partial charge in [0.1, 0.15) is 0 Å². The van der Waals surface area contributed by atoms with Crippen LogP contribution in [0.4, 0.5) is 11.4 Å². The van der Waals surface area contributed by atoms with Crippen LogP contribution in [0.2, 0.25) is 5.02 Å². The Bertz CT molecular complexity index is 1570. The van der Waals surface area contributed by atoms with E-state index in [1.54, 1.807) is 88.9 Å². The van der Waals surface area contributed by atoms with Gasteiger partial charge in [0.25, 0.3) is 11.8 Å². The molecule has 236 valence electrons. The number of phosphoric ester groups is 1. The monoisotopic (exact) mass is 640 g/mol. The number of hydrogen-bond acceptors (Lipinski definition) is 6. The summed E-state index contributed by atoms with van der Waals surface area (Å²) in [6.45, 7) is 14.9. The van der Waals surface area contributed by atoms with Crippen molar-refractivity contribution >= 4 is 42.6 Å². The first-order valence-electron chi connectivity index (χ1n) is 14.7. The molecule has 4 rings (SSSR count). The second-order valence-electron chi connectivity index (χ2n) is 13.0. The number of benzene rings is 3. The van der Waals surface area contributed by atoms with Crippen LogP contribution in [0.5, 0.6) is 0 Å². The SMILES string of the molecule is Cc1ccccc1C(=O)Nc1ccc(C(=O)N2CCCC(OP(=O)(OC(C)(C)C)OC(C)(C)C)c3cc(Cl)ccc32)c(C)c1. The Labute approximate surface area is 265 Å². The van der Waals surface area contributed by atoms with E-state index in [1.165, 1.54) is 0 Å². The third kappa shape index (κ3) is 8.58. The smallest absolute Gasteiger partial charge is 0.322 e. The molecule has 0 saturated carbocycles. The van der Waals surface area contributed by atoms with Gasteiger partial charge in [0.2, 0.25) is 0 Å². The van der Waals surface area contributed by atoms with E-state index in [4.69, 9.17) is 25.2 Å². The summed E-state index contributed by atoms with van der Waals surface area (Å²) >= 11 is 6.44. The second kappa shape index (κ2) is 13.2. The van der Waals surface area contributed by atoms with Crippen molar-refractivity contribution in [2.45, 2.75) is 85.5 Å². The summed E-state index contributed by atoms with van der Waals surface area (Å²) in [7, 11) is -4.05. The molecule has 1 aliphatic rings. The molecule has 0 aromatic heterocycles. The van der Waals surface area contributed by atoms with Crippen molar-refractivity contribution in [1.29, 1.82) is 0 Å². The molecule has 1 N–H and O–H groups in total. The van der Waals surface area contributed by atoms with E-state index < -0.39 is 25.1 Å². The maximum Gasteiger partial charge on any atom is 0.476 e. The molecule has 3 aromatic carbocycles. The van der Waals surface area contributed by atoms with Crippen molar-refractivity contribution in [1.82, 2.24) is 0 Å². The molecule has 0 bridgehead atoms. The molecule has 1 aliphatic heterocycles. The molecule has 3 aromatic rings. The first kappa shape index (κ1) is 33.9. The molecule has 44 heavy (non-hydrogen) atoms. The fourth-order valence-corrected chi connectivity index (χ4v) is 7.28. The number of rotatable bonds is 7. The van der Waals surface area contributed by atoms with Gasteiger partial charge in [-0.15, -0.1) is 0 Å². The Kier molecular flexibility index (Phi) is 10.1. The van der Waals surface area contributed by atoms with Crippen molar-refractivity contribution in [2.75, 3.05) is 16.8 Å². The molecule has 1 atom stereocenters. The molecule has 10 heteroatoms. The van der Waals surface area contributed by atoms with Gasteiger partial charge in [-0.2, -0.15) is 0 Å². The van der Waals surface area contributed by atoms with Crippen LogP contribution in [0, 0.1) is 13.8 Å². The quantitative estimate of drug-likeness (QED) is 0.259. The molecule has 8 nitrogen and oxygen atoms in total. The summed E-state index contributed by atoms with van der Waals surface area (Å²) in [5.74, 6) is -0.419. The van der Waals surface area contributed by atoms with Gasteiger partial charge in [-0.1, -0.05) is 29.8 Å². The van der Waals surface area contributed by atoms with Crippen LogP contribution in [0.1, 0.15) is 97.9 Å². The maximum atomic E-state index is 14.0. The van der Waals surface area contributed by atoms with E-state index in [0.29, 0.717) is 58.0 Å². The normalized spacial score (nSPS) is 15.8. The standard InChI is InChI=1S/C34H42ClN2O6P/c1-22-12-9-10-13-26(22)31(38)36-25-16-17-27(23(2)20-25)32(39)37-19-11-14-30(28-21-24(35)15-18-29(28)37)41-44(40,42-33(3,4)5)43-34(6,7)8/h9-10,12-13,15-18,20-21,30H,11,14,19H2,1-8H3,(H,36,38). The van der Waals surface area contributed by atoms with Crippen molar-refractivity contribution in [2.24, 2.45) is 0 Å². The predicted octanol–water partition coefficient (Wildman–Crippen LogP) is 9.45.